The second kappa shape index (κ2) is 28.4. The maximum Gasteiger partial charge on any atom is 0.142 e. The summed E-state index contributed by atoms with van der Waals surface area (Å²) in [5.41, 5.74) is 77.3. The van der Waals surface area contributed by atoms with Crippen LogP contribution in [0.5, 0.6) is 0 Å². The summed E-state index contributed by atoms with van der Waals surface area (Å²) in [6.45, 7) is 0. The van der Waals surface area contributed by atoms with Crippen molar-refractivity contribution in [3.8, 4) is 89.0 Å². The molecule has 12 aromatic carbocycles. The van der Waals surface area contributed by atoms with E-state index in [9.17, 15) is 0 Å². The van der Waals surface area contributed by atoms with E-state index in [-0.39, 0.29) is 0 Å². The number of fused-ring (bicyclic) bond motifs is 48. The van der Waals surface area contributed by atoms with Crippen molar-refractivity contribution in [2.45, 2.75) is 103 Å². The quantitative estimate of drug-likeness (QED) is 0.144. The van der Waals surface area contributed by atoms with E-state index in [1.807, 2.05) is 68.0 Å². The molecule has 16 heterocycles. The van der Waals surface area contributed by atoms with E-state index >= 15 is 0 Å². The van der Waals surface area contributed by atoms with Crippen LogP contribution in [0.25, 0.3) is 89.0 Å². The van der Waals surface area contributed by atoms with Gasteiger partial charge in [0.25, 0.3) is 0 Å². The van der Waals surface area contributed by atoms with Crippen molar-refractivity contribution in [2.75, 3.05) is 19.6 Å². The lowest BCUT2D eigenvalue weighted by Gasteiger charge is -2.39. The molecule has 0 bridgehead atoms. The molecule has 20 aromatic rings. The van der Waals surface area contributed by atoms with Crippen LogP contribution < -0.4 is 19.6 Å². The van der Waals surface area contributed by atoms with Crippen LogP contribution in [0, 0.1) is 0 Å². The Morgan fingerprint density at radius 2 is 0.443 bits per heavy atom. The first-order chi connectivity index (χ1) is 69.4. The zero-order valence-corrected chi connectivity index (χ0v) is 76.7. The van der Waals surface area contributed by atoms with Crippen molar-refractivity contribution in [3.05, 3.63) is 495 Å². The summed E-state index contributed by atoms with van der Waals surface area (Å²) in [6.07, 6.45) is 35.0. The van der Waals surface area contributed by atoms with E-state index in [2.05, 4.69) is 278 Å². The van der Waals surface area contributed by atoms with Gasteiger partial charge >= 0.3 is 0 Å². The van der Waals surface area contributed by atoms with E-state index in [4.69, 9.17) is 29.9 Å². The summed E-state index contributed by atoms with van der Waals surface area (Å²) in [5, 5.41) is 0. The van der Waals surface area contributed by atoms with Gasteiger partial charge in [-0.1, -0.05) is 200 Å². The topological polar surface area (TPSA) is 116 Å². The van der Waals surface area contributed by atoms with Crippen molar-refractivity contribution in [1.29, 1.82) is 0 Å². The van der Waals surface area contributed by atoms with E-state index in [0.717, 1.165) is 138 Å². The lowest BCUT2D eigenvalue weighted by molar-refractivity contribution is 0.949. The molecular weight excluding hydrogens is 1710 g/mol. The molecule has 0 unspecified atom stereocenters. The van der Waals surface area contributed by atoms with Crippen LogP contribution in [0.15, 0.2) is 317 Å². The minimum Gasteiger partial charge on any atom is -0.294 e. The first-order valence-corrected chi connectivity index (χ1v) is 49.7. The zero-order valence-electron chi connectivity index (χ0n) is 76.7. The molecule has 0 fully saturated rings. The van der Waals surface area contributed by atoms with E-state index in [1.165, 1.54) is 301 Å². The van der Waals surface area contributed by atoms with E-state index in [1.54, 1.807) is 0 Å². The van der Waals surface area contributed by atoms with Crippen LogP contribution in [0.1, 0.15) is 178 Å². The van der Waals surface area contributed by atoms with Crippen LogP contribution in [-0.4, -0.2) is 39.9 Å². The van der Waals surface area contributed by atoms with Gasteiger partial charge in [-0.3, -0.25) is 34.6 Å². The molecule has 8 aliphatic heterocycles. The number of nitrogens with zero attached hydrogens (tertiary/aromatic N) is 12. The van der Waals surface area contributed by atoms with Gasteiger partial charge in [0.15, 0.2) is 0 Å². The average Bonchev–Trinajstić information content (AvgIpc) is 1.28. The van der Waals surface area contributed by atoms with Gasteiger partial charge in [-0.05, 0) is 367 Å². The Hall–Kier alpha value is -17.0. The zero-order chi connectivity index (χ0) is 90.7. The van der Waals surface area contributed by atoms with Gasteiger partial charge in [-0.15, -0.1) is 0 Å². The van der Waals surface area contributed by atoms with E-state index in [0.29, 0.717) is 0 Å². The maximum absolute atomic E-state index is 4.86. The fourth-order valence-electron chi connectivity index (χ4n) is 28.4. The van der Waals surface area contributed by atoms with Gasteiger partial charge in [0, 0.05) is 107 Å². The van der Waals surface area contributed by atoms with Gasteiger partial charge < -0.3 is 0 Å². The van der Waals surface area contributed by atoms with Crippen molar-refractivity contribution >= 4 is 68.9 Å². The maximum atomic E-state index is 4.86. The summed E-state index contributed by atoms with van der Waals surface area (Å²) in [4.78, 5) is 47.6. The van der Waals surface area contributed by atoms with Crippen LogP contribution in [0.3, 0.4) is 0 Å². The normalized spacial score (nSPS) is 14.9. The third-order valence-corrected chi connectivity index (χ3v) is 33.7. The molecule has 0 N–H and O–H groups in total. The molecule has 0 radical (unpaired) electrons. The number of hydrogen-bond donors (Lipinski definition) is 0. The molecule has 36 rings (SSSR count). The molecule has 656 valence electrons. The fraction of sp³-hybridized carbons (Fsp3) is 0.125. The van der Waals surface area contributed by atoms with Crippen LogP contribution in [0.4, 0.5) is 68.9 Å². The minimum absolute atomic E-state index is 0.869. The van der Waals surface area contributed by atoms with Gasteiger partial charge in [0.2, 0.25) is 0 Å². The summed E-state index contributed by atoms with van der Waals surface area (Å²) in [6, 6.07) is 94.9. The summed E-state index contributed by atoms with van der Waals surface area (Å²) in [5.74, 6) is 5.23. The van der Waals surface area contributed by atoms with Gasteiger partial charge in [0.1, 0.15) is 29.1 Å². The standard InChI is InChI=1S/4C32H21N3/c1-2-8-24-18(5-1)13-19-9-10-25-26(28(19)24)17-22-15-23-14-20-6-3-11-33-31(20)35-30(23)27(29(22)25)16-21-7-4-12-34-32(21)35;1-2-7-23-18(5-1)13-19-9-10-24-25(29(19)23)16-21-15-22-14-20-6-3-12-34-32(20)35-28-8-4-11-33-27(28)17-26(30(21)24)31(22)35;1-2-6-24-18(4-1)12-20-7-8-25-26(29(20)24)16-22-14-23-13-21-5-3-10-34-32(21)35-28-17-33-11-9-19(28)15-27(30(22)25)31(23)35;1-2-6-24-18(4-1)12-19-7-8-25-26(29(19)24)15-21-14-22-13-20-5-3-10-34-32(20)35-28-9-11-33-17-23(28)16-27(30(21)25)31(22)35/h2*1-12,15H,13-14,16-17H2;2*1-11,14,17H,12-13,15-16H2. The smallest absolute Gasteiger partial charge is 0.142 e. The first kappa shape index (κ1) is 76.2. The molecular formula is C128H84N12. The molecule has 16 aliphatic rings. The van der Waals surface area contributed by atoms with Crippen molar-refractivity contribution in [1.82, 2.24) is 39.9 Å². The predicted octanol–water partition coefficient (Wildman–Crippen LogP) is 27.6. The Morgan fingerprint density at radius 1 is 0.157 bits per heavy atom. The number of hydrogen-bond acceptors (Lipinski definition) is 12. The lowest BCUT2D eigenvalue weighted by atomic mass is 9.83. The highest BCUT2D eigenvalue weighted by Gasteiger charge is 2.46. The minimum atomic E-state index is 0.869. The highest BCUT2D eigenvalue weighted by atomic mass is 15.3. The van der Waals surface area contributed by atoms with Crippen LogP contribution >= 0.6 is 0 Å². The highest BCUT2D eigenvalue weighted by Crippen LogP contribution is 2.64. The molecule has 0 saturated heterocycles. The third-order valence-electron chi connectivity index (χ3n) is 33.7. The second-order valence-electron chi connectivity index (χ2n) is 40.8. The highest BCUT2D eigenvalue weighted by molar-refractivity contribution is 6.04. The molecule has 8 aliphatic carbocycles. The molecule has 0 amide bonds. The Kier molecular flexibility index (Phi) is 15.4. The monoisotopic (exact) mass is 1790 g/mol. The Morgan fingerprint density at radius 3 is 0.850 bits per heavy atom. The molecule has 140 heavy (non-hydrogen) atoms. The van der Waals surface area contributed by atoms with Crippen LogP contribution in [0.2, 0.25) is 0 Å². The Labute approximate surface area is 809 Å². The number of aromatic nitrogens is 8. The molecule has 0 atom stereocenters. The molecule has 0 saturated carbocycles. The lowest BCUT2D eigenvalue weighted by Crippen LogP contribution is -2.27. The summed E-state index contributed by atoms with van der Waals surface area (Å²) < 4.78 is 0. The first-order valence-electron chi connectivity index (χ1n) is 49.7. The molecule has 12 heteroatoms. The largest absolute Gasteiger partial charge is 0.294 e. The van der Waals surface area contributed by atoms with Crippen molar-refractivity contribution < 1.29 is 0 Å². The van der Waals surface area contributed by atoms with E-state index < -0.39 is 0 Å². The summed E-state index contributed by atoms with van der Waals surface area (Å²) in [7, 11) is 0. The number of rotatable bonds is 0. The van der Waals surface area contributed by atoms with Gasteiger partial charge in [0.05, 0.1) is 51.7 Å². The van der Waals surface area contributed by atoms with Crippen molar-refractivity contribution in [2.24, 2.45) is 0 Å². The Bertz CT molecular complexity index is 8060. The fourth-order valence-corrected chi connectivity index (χ4v) is 28.4. The average molecular weight is 1790 g/mol. The van der Waals surface area contributed by atoms with Gasteiger partial charge in [-0.2, -0.15) is 0 Å². The number of pyridine rings is 8. The van der Waals surface area contributed by atoms with Crippen LogP contribution in [-0.2, 0) is 103 Å². The predicted molar refractivity (Wildman–Crippen MR) is 555 cm³/mol. The molecule has 8 aromatic heterocycles. The SMILES string of the molecule is c1ccc2c(c1)Cc1ccc3c(c1-2)Cc1cc2c4c(c1-3)Cc1cccnc1N4c1ncccc1C2.c1ccc2c(c1)Cc1ccc3c(c1-2)Cc1cc2c4c(c1-3)Cc1ccncc1N4c1ncccc1C2.c1ccc2c(c1)Cc1ccc3c(c1-2)Cc1cc2c4c(c1-3)Cc1cnccc1N4c1ncccc1C2.c1ccc2c(c1)Cc1ccc3c(c1-2)Cc1cc2c4c(c1-3)Cc1ncccc1N4c1ncccc1C2. The second-order valence-corrected chi connectivity index (χ2v) is 40.8. The van der Waals surface area contributed by atoms with Gasteiger partial charge in [-0.25, -0.2) is 24.9 Å². The summed E-state index contributed by atoms with van der Waals surface area (Å²) >= 11 is 0. The van der Waals surface area contributed by atoms with Crippen molar-refractivity contribution in [3.63, 3.8) is 0 Å². The third kappa shape index (κ3) is 10.5. The molecule has 0 spiro atoms. The Balaban J connectivity index is 0.0000000829. The number of benzene rings is 12. The molecule has 12 nitrogen and oxygen atoms in total. The number of anilines is 12.